The van der Waals surface area contributed by atoms with Crippen LogP contribution >= 0.6 is 0 Å². The number of esters is 2. The summed E-state index contributed by atoms with van der Waals surface area (Å²) >= 11 is 0. The van der Waals surface area contributed by atoms with E-state index in [1.54, 1.807) is 13.8 Å². The number of rotatable bonds is 7. The van der Waals surface area contributed by atoms with Crippen molar-refractivity contribution in [1.29, 1.82) is 0 Å². The number of ether oxygens (including phenoxy) is 3. The molecule has 0 aromatic heterocycles. The van der Waals surface area contributed by atoms with Gasteiger partial charge in [-0.15, -0.1) is 0 Å². The Hall–Kier alpha value is -2.84. The average Bonchev–Trinajstić information content (AvgIpc) is 2.68. The van der Waals surface area contributed by atoms with Gasteiger partial charge in [0.05, 0.1) is 26.2 Å². The largest absolute Gasteiger partial charge is 0.494 e. The van der Waals surface area contributed by atoms with E-state index in [2.05, 4.69) is 5.18 Å². The van der Waals surface area contributed by atoms with E-state index < -0.39 is 53.3 Å². The first-order valence-electron chi connectivity index (χ1n) is 9.27. The molecule has 0 amide bonds. The Morgan fingerprint density at radius 1 is 1.21 bits per heavy atom. The van der Waals surface area contributed by atoms with Crippen LogP contribution in [0, 0.1) is 22.6 Å². The summed E-state index contributed by atoms with van der Waals surface area (Å²) in [4.78, 5) is 50.0. The minimum absolute atomic E-state index is 0.0232. The van der Waals surface area contributed by atoms with E-state index in [-0.39, 0.29) is 24.5 Å². The molecule has 1 aromatic carbocycles. The Morgan fingerprint density at radius 2 is 1.83 bits per heavy atom. The van der Waals surface area contributed by atoms with E-state index in [1.165, 1.54) is 26.2 Å². The molecule has 8 nitrogen and oxygen atoms in total. The molecule has 1 fully saturated rings. The van der Waals surface area contributed by atoms with Gasteiger partial charge in [0.25, 0.3) is 0 Å². The van der Waals surface area contributed by atoms with Gasteiger partial charge < -0.3 is 14.2 Å². The van der Waals surface area contributed by atoms with Gasteiger partial charge in [0.15, 0.2) is 11.6 Å². The van der Waals surface area contributed by atoms with Crippen molar-refractivity contribution in [2.24, 2.45) is 17.0 Å². The standard InChI is InChI=1S/C20H24FNO7/c1-5-28-18(24)16-13(23)10-20(3,22-26)17(19(25)29-6-2)15(16)11-7-8-12(21)14(9-11)27-4/h7-9,15-17H,5-6,10H2,1-4H3. The highest BCUT2D eigenvalue weighted by Gasteiger charge is 2.59. The summed E-state index contributed by atoms with van der Waals surface area (Å²) in [7, 11) is 1.26. The van der Waals surface area contributed by atoms with E-state index in [9.17, 15) is 23.7 Å². The number of hydrogen-bond donors (Lipinski definition) is 0. The molecule has 158 valence electrons. The topological polar surface area (TPSA) is 108 Å². The molecule has 0 aliphatic heterocycles. The minimum Gasteiger partial charge on any atom is -0.494 e. The SMILES string of the molecule is CCOC(=O)C1C(=O)CC(C)(N=O)C(C(=O)OCC)C1c1ccc(F)c(OC)c1. The van der Waals surface area contributed by atoms with Gasteiger partial charge in [-0.1, -0.05) is 11.2 Å². The second kappa shape index (κ2) is 9.11. The molecule has 0 heterocycles. The number of nitroso groups, excluding NO2 is 1. The molecule has 1 aliphatic rings. The lowest BCUT2D eigenvalue weighted by molar-refractivity contribution is -0.162. The summed E-state index contributed by atoms with van der Waals surface area (Å²) < 4.78 is 29.1. The van der Waals surface area contributed by atoms with Gasteiger partial charge >= 0.3 is 11.9 Å². The first-order chi connectivity index (χ1) is 13.7. The average molecular weight is 409 g/mol. The number of carbonyl (C=O) groups excluding carboxylic acids is 3. The van der Waals surface area contributed by atoms with Crippen LogP contribution in [0.2, 0.25) is 0 Å². The van der Waals surface area contributed by atoms with Crippen molar-refractivity contribution in [3.8, 4) is 5.75 Å². The molecule has 0 spiro atoms. The Balaban J connectivity index is 2.72. The maximum Gasteiger partial charge on any atom is 0.317 e. The van der Waals surface area contributed by atoms with Gasteiger partial charge in [-0.05, 0) is 38.5 Å². The summed E-state index contributed by atoms with van der Waals surface area (Å²) in [5, 5.41) is 3.06. The van der Waals surface area contributed by atoms with E-state index >= 15 is 0 Å². The number of nitrogens with zero attached hydrogens (tertiary/aromatic N) is 1. The van der Waals surface area contributed by atoms with Crippen LogP contribution in [0.15, 0.2) is 23.4 Å². The molecule has 0 N–H and O–H groups in total. The summed E-state index contributed by atoms with van der Waals surface area (Å²) in [6.07, 6.45) is -0.418. The summed E-state index contributed by atoms with van der Waals surface area (Å²) in [5.41, 5.74) is -1.37. The molecular formula is C20H24FNO7. The van der Waals surface area contributed by atoms with Crippen molar-refractivity contribution >= 4 is 17.7 Å². The second-order valence-electron chi connectivity index (χ2n) is 6.97. The fourth-order valence-electron chi connectivity index (χ4n) is 3.85. The smallest absolute Gasteiger partial charge is 0.317 e. The summed E-state index contributed by atoms with van der Waals surface area (Å²) in [6, 6.07) is 3.73. The number of halogens is 1. The molecule has 2 rings (SSSR count). The predicted molar refractivity (Wildman–Crippen MR) is 99.8 cm³/mol. The summed E-state index contributed by atoms with van der Waals surface area (Å²) in [6.45, 7) is 4.60. The van der Waals surface area contributed by atoms with E-state index in [1.807, 2.05) is 0 Å². The lowest BCUT2D eigenvalue weighted by Gasteiger charge is -2.42. The van der Waals surface area contributed by atoms with Crippen LogP contribution in [0.25, 0.3) is 0 Å². The highest BCUT2D eigenvalue weighted by molar-refractivity contribution is 6.03. The van der Waals surface area contributed by atoms with Gasteiger partial charge in [-0.25, -0.2) is 4.39 Å². The molecule has 0 bridgehead atoms. The van der Waals surface area contributed by atoms with Crippen LogP contribution in [-0.2, 0) is 23.9 Å². The van der Waals surface area contributed by atoms with Crippen molar-refractivity contribution in [2.45, 2.75) is 38.6 Å². The van der Waals surface area contributed by atoms with Crippen molar-refractivity contribution in [2.75, 3.05) is 20.3 Å². The zero-order valence-electron chi connectivity index (χ0n) is 16.8. The highest BCUT2D eigenvalue weighted by Crippen LogP contribution is 2.49. The minimum atomic E-state index is -1.64. The monoisotopic (exact) mass is 409 g/mol. The molecule has 4 unspecified atom stereocenters. The van der Waals surface area contributed by atoms with Gasteiger partial charge in [0.2, 0.25) is 0 Å². The maximum atomic E-state index is 13.9. The predicted octanol–water partition coefficient (Wildman–Crippen LogP) is 2.77. The molecule has 1 aromatic rings. The number of carbonyl (C=O) groups is 3. The van der Waals surface area contributed by atoms with Crippen molar-refractivity contribution in [3.05, 3.63) is 34.5 Å². The van der Waals surface area contributed by atoms with E-state index in [4.69, 9.17) is 14.2 Å². The van der Waals surface area contributed by atoms with Gasteiger partial charge in [-0.2, -0.15) is 4.91 Å². The Morgan fingerprint density at radius 3 is 2.38 bits per heavy atom. The lowest BCUT2D eigenvalue weighted by atomic mass is 9.60. The molecule has 4 atom stereocenters. The number of benzene rings is 1. The first kappa shape index (κ1) is 22.4. The molecule has 1 aliphatic carbocycles. The van der Waals surface area contributed by atoms with Crippen LogP contribution in [0.4, 0.5) is 4.39 Å². The lowest BCUT2D eigenvalue weighted by Crippen LogP contribution is -2.54. The van der Waals surface area contributed by atoms with Crippen LogP contribution < -0.4 is 4.74 Å². The van der Waals surface area contributed by atoms with Crippen molar-refractivity contribution < 1.29 is 33.0 Å². The van der Waals surface area contributed by atoms with Crippen LogP contribution in [-0.4, -0.2) is 43.6 Å². The van der Waals surface area contributed by atoms with Crippen molar-refractivity contribution in [3.63, 3.8) is 0 Å². The number of hydrogen-bond acceptors (Lipinski definition) is 8. The molecule has 29 heavy (non-hydrogen) atoms. The molecular weight excluding hydrogens is 385 g/mol. The maximum absolute atomic E-state index is 13.9. The molecule has 0 saturated heterocycles. The van der Waals surface area contributed by atoms with Gasteiger partial charge in [0, 0.05) is 12.3 Å². The Bertz CT molecular complexity index is 812. The fraction of sp³-hybridized carbons (Fsp3) is 0.550. The zero-order chi connectivity index (χ0) is 21.8. The molecule has 0 radical (unpaired) electrons. The third-order valence-corrected chi connectivity index (χ3v) is 5.12. The fourth-order valence-corrected chi connectivity index (χ4v) is 3.85. The molecule has 1 saturated carbocycles. The van der Waals surface area contributed by atoms with E-state index in [0.29, 0.717) is 0 Å². The van der Waals surface area contributed by atoms with Gasteiger partial charge in [-0.3, -0.25) is 14.4 Å². The Labute approximate surface area is 167 Å². The number of ketones is 1. The second-order valence-corrected chi connectivity index (χ2v) is 6.97. The third kappa shape index (κ3) is 4.28. The van der Waals surface area contributed by atoms with Crippen LogP contribution in [0.5, 0.6) is 5.75 Å². The number of Topliss-reactive ketones (excluding diaryl/α,β-unsaturated/α-hetero) is 1. The number of methoxy groups -OCH3 is 1. The zero-order valence-corrected chi connectivity index (χ0v) is 16.8. The van der Waals surface area contributed by atoms with Gasteiger partial charge in [0.1, 0.15) is 17.2 Å². The normalized spacial score (nSPS) is 26.5. The van der Waals surface area contributed by atoms with E-state index in [0.717, 1.165) is 6.07 Å². The Kier molecular flexibility index (Phi) is 7.05. The molecule has 9 heteroatoms. The summed E-state index contributed by atoms with van der Waals surface area (Å²) in [5.74, 6) is -6.72. The first-order valence-corrected chi connectivity index (χ1v) is 9.27. The quantitative estimate of drug-likeness (QED) is 0.387. The van der Waals surface area contributed by atoms with Crippen LogP contribution in [0.3, 0.4) is 0 Å². The highest BCUT2D eigenvalue weighted by atomic mass is 19.1. The third-order valence-electron chi connectivity index (χ3n) is 5.12. The van der Waals surface area contributed by atoms with Crippen molar-refractivity contribution in [1.82, 2.24) is 0 Å². The van der Waals surface area contributed by atoms with Crippen LogP contribution in [0.1, 0.15) is 38.7 Å².